The van der Waals surface area contributed by atoms with Crippen molar-refractivity contribution >= 4 is 37.6 Å². The number of ketones is 1. The van der Waals surface area contributed by atoms with Gasteiger partial charge in [-0.05, 0) is 30.7 Å². The van der Waals surface area contributed by atoms with Gasteiger partial charge >= 0.3 is 0 Å². The Morgan fingerprint density at radius 2 is 2.14 bits per heavy atom. The van der Waals surface area contributed by atoms with Crippen molar-refractivity contribution in [2.75, 3.05) is 0 Å². The summed E-state index contributed by atoms with van der Waals surface area (Å²) in [4.78, 5) is 11.4. The number of benzene rings is 1. The van der Waals surface area contributed by atoms with Crippen molar-refractivity contribution < 1.29 is 9.90 Å². The summed E-state index contributed by atoms with van der Waals surface area (Å²) >= 11 is 6.51. The lowest BCUT2D eigenvalue weighted by atomic mass is 10.1. The fourth-order valence-corrected chi connectivity index (χ4v) is 1.92. The molecule has 0 saturated heterocycles. The molecule has 0 saturated carbocycles. The van der Waals surface area contributed by atoms with E-state index in [2.05, 4.69) is 31.9 Å². The SMILES string of the molecule is CC(Br)C(=O)c1cc(Br)cc(CO)c1. The number of alkyl halides is 1. The number of aliphatic hydroxyl groups excluding tert-OH is 1. The third-order valence-electron chi connectivity index (χ3n) is 1.79. The van der Waals surface area contributed by atoms with E-state index in [0.29, 0.717) is 5.56 Å². The van der Waals surface area contributed by atoms with Crippen molar-refractivity contribution in [2.45, 2.75) is 18.4 Å². The molecule has 1 unspecified atom stereocenters. The molecule has 0 aromatic heterocycles. The summed E-state index contributed by atoms with van der Waals surface area (Å²) < 4.78 is 0.806. The van der Waals surface area contributed by atoms with Gasteiger partial charge in [-0.1, -0.05) is 31.9 Å². The molecule has 1 aromatic rings. The molecule has 0 heterocycles. The molecule has 0 spiro atoms. The third-order valence-corrected chi connectivity index (χ3v) is 2.66. The van der Waals surface area contributed by atoms with Gasteiger partial charge in [-0.15, -0.1) is 0 Å². The van der Waals surface area contributed by atoms with Crippen LogP contribution in [0.2, 0.25) is 0 Å². The van der Waals surface area contributed by atoms with Gasteiger partial charge in [0.25, 0.3) is 0 Å². The highest BCUT2D eigenvalue weighted by Gasteiger charge is 2.12. The van der Waals surface area contributed by atoms with Crippen LogP contribution in [0.4, 0.5) is 0 Å². The van der Waals surface area contributed by atoms with Gasteiger partial charge < -0.3 is 5.11 Å². The van der Waals surface area contributed by atoms with Gasteiger partial charge in [-0.2, -0.15) is 0 Å². The topological polar surface area (TPSA) is 37.3 Å². The molecule has 2 nitrogen and oxygen atoms in total. The van der Waals surface area contributed by atoms with Crippen LogP contribution in [0.15, 0.2) is 22.7 Å². The molecule has 0 bridgehead atoms. The van der Waals surface area contributed by atoms with Crippen LogP contribution >= 0.6 is 31.9 Å². The monoisotopic (exact) mass is 320 g/mol. The van der Waals surface area contributed by atoms with Gasteiger partial charge in [0.05, 0.1) is 11.4 Å². The molecule has 1 aromatic carbocycles. The molecule has 0 amide bonds. The zero-order valence-electron chi connectivity index (χ0n) is 7.63. The third kappa shape index (κ3) is 2.90. The molecular formula is C10H10Br2O2. The minimum Gasteiger partial charge on any atom is -0.392 e. The van der Waals surface area contributed by atoms with Crippen molar-refractivity contribution in [3.8, 4) is 0 Å². The Labute approximate surface area is 99.6 Å². The van der Waals surface area contributed by atoms with Gasteiger partial charge in [-0.3, -0.25) is 4.79 Å². The van der Waals surface area contributed by atoms with E-state index in [1.807, 2.05) is 0 Å². The van der Waals surface area contributed by atoms with E-state index in [0.717, 1.165) is 10.0 Å². The average Bonchev–Trinajstić information content (AvgIpc) is 2.15. The van der Waals surface area contributed by atoms with E-state index in [1.54, 1.807) is 25.1 Å². The number of carbonyl (C=O) groups excluding carboxylic acids is 1. The number of rotatable bonds is 3. The van der Waals surface area contributed by atoms with E-state index in [1.165, 1.54) is 0 Å². The summed E-state index contributed by atoms with van der Waals surface area (Å²) in [7, 11) is 0. The van der Waals surface area contributed by atoms with E-state index < -0.39 is 0 Å². The van der Waals surface area contributed by atoms with Gasteiger partial charge in [0, 0.05) is 10.0 Å². The Balaban J connectivity index is 3.09. The quantitative estimate of drug-likeness (QED) is 0.686. The average molecular weight is 322 g/mol. The Bertz CT molecular complexity index is 348. The van der Waals surface area contributed by atoms with Crippen LogP contribution in [0.5, 0.6) is 0 Å². The highest BCUT2D eigenvalue weighted by molar-refractivity contribution is 9.10. The summed E-state index contributed by atoms with van der Waals surface area (Å²) in [6.07, 6.45) is 0. The molecule has 1 rings (SSSR count). The lowest BCUT2D eigenvalue weighted by molar-refractivity contribution is 0.0995. The number of Topliss-reactive ketones (excluding diaryl/α,β-unsaturated/α-hetero) is 1. The number of hydrogen-bond donors (Lipinski definition) is 1. The molecule has 0 radical (unpaired) electrons. The fourth-order valence-electron chi connectivity index (χ4n) is 1.11. The lowest BCUT2D eigenvalue weighted by Crippen LogP contribution is -2.10. The van der Waals surface area contributed by atoms with Gasteiger partial charge in [0.2, 0.25) is 0 Å². The zero-order chi connectivity index (χ0) is 10.7. The Kier molecular flexibility index (Phi) is 4.29. The zero-order valence-corrected chi connectivity index (χ0v) is 10.8. The molecule has 14 heavy (non-hydrogen) atoms. The normalized spacial score (nSPS) is 12.6. The minimum atomic E-state index is -0.205. The van der Waals surface area contributed by atoms with Crippen molar-refractivity contribution in [3.05, 3.63) is 33.8 Å². The first-order valence-electron chi connectivity index (χ1n) is 4.13. The molecule has 0 aliphatic heterocycles. The van der Waals surface area contributed by atoms with Gasteiger partial charge in [0.15, 0.2) is 5.78 Å². The predicted octanol–water partition coefficient (Wildman–Crippen LogP) is 2.91. The molecule has 0 aliphatic carbocycles. The summed E-state index contributed by atoms with van der Waals surface area (Å²) in [6, 6.07) is 5.24. The molecule has 76 valence electrons. The summed E-state index contributed by atoms with van der Waals surface area (Å²) in [5, 5.41) is 8.96. The largest absolute Gasteiger partial charge is 0.392 e. The van der Waals surface area contributed by atoms with Crippen LogP contribution in [0, 0.1) is 0 Å². The Hall–Kier alpha value is -0.190. The summed E-state index contributed by atoms with van der Waals surface area (Å²) in [5.74, 6) is 0.0148. The minimum absolute atomic E-state index is 0.0148. The first-order chi connectivity index (χ1) is 6.54. The van der Waals surface area contributed by atoms with E-state index in [4.69, 9.17) is 5.11 Å². The molecule has 1 N–H and O–H groups in total. The number of halogens is 2. The highest BCUT2D eigenvalue weighted by atomic mass is 79.9. The van der Waals surface area contributed by atoms with Crippen LogP contribution in [0.1, 0.15) is 22.8 Å². The van der Waals surface area contributed by atoms with Gasteiger partial charge in [-0.25, -0.2) is 0 Å². The molecule has 4 heteroatoms. The van der Waals surface area contributed by atoms with E-state index in [9.17, 15) is 4.79 Å². The van der Waals surface area contributed by atoms with Crippen LogP contribution < -0.4 is 0 Å². The molecule has 0 fully saturated rings. The van der Waals surface area contributed by atoms with Crippen LogP contribution in [0.3, 0.4) is 0 Å². The second-order valence-corrected chi connectivity index (χ2v) is 5.28. The Morgan fingerprint density at radius 1 is 1.50 bits per heavy atom. The second kappa shape index (κ2) is 5.05. The summed E-state index contributed by atoms with van der Waals surface area (Å²) in [5.41, 5.74) is 1.34. The maximum absolute atomic E-state index is 11.6. The van der Waals surface area contributed by atoms with E-state index in [-0.39, 0.29) is 17.2 Å². The highest BCUT2D eigenvalue weighted by Crippen LogP contribution is 2.18. The number of aliphatic hydroxyl groups is 1. The maximum Gasteiger partial charge on any atom is 0.176 e. The van der Waals surface area contributed by atoms with Crippen LogP contribution in [-0.2, 0) is 6.61 Å². The standard InChI is InChI=1S/C10H10Br2O2/c1-6(11)10(14)8-2-7(5-13)3-9(12)4-8/h2-4,6,13H,5H2,1H3. The smallest absolute Gasteiger partial charge is 0.176 e. The fraction of sp³-hybridized carbons (Fsp3) is 0.300. The van der Waals surface area contributed by atoms with Crippen molar-refractivity contribution in [1.82, 2.24) is 0 Å². The molecule has 1 atom stereocenters. The van der Waals surface area contributed by atoms with Crippen LogP contribution in [0.25, 0.3) is 0 Å². The lowest BCUT2D eigenvalue weighted by Gasteiger charge is -2.05. The molecule has 0 aliphatic rings. The summed E-state index contributed by atoms with van der Waals surface area (Å²) in [6.45, 7) is 1.72. The number of carbonyl (C=O) groups is 1. The van der Waals surface area contributed by atoms with Crippen molar-refractivity contribution in [2.24, 2.45) is 0 Å². The van der Waals surface area contributed by atoms with Crippen LogP contribution in [-0.4, -0.2) is 15.7 Å². The predicted molar refractivity (Wildman–Crippen MR) is 62.8 cm³/mol. The molecular weight excluding hydrogens is 312 g/mol. The van der Waals surface area contributed by atoms with Crippen molar-refractivity contribution in [1.29, 1.82) is 0 Å². The first kappa shape index (κ1) is 11.9. The van der Waals surface area contributed by atoms with Gasteiger partial charge in [0.1, 0.15) is 0 Å². The number of hydrogen-bond acceptors (Lipinski definition) is 2. The first-order valence-corrected chi connectivity index (χ1v) is 5.84. The second-order valence-electron chi connectivity index (χ2n) is 2.99. The van der Waals surface area contributed by atoms with Crippen molar-refractivity contribution in [3.63, 3.8) is 0 Å². The Morgan fingerprint density at radius 3 is 2.64 bits per heavy atom. The maximum atomic E-state index is 11.6. The van der Waals surface area contributed by atoms with E-state index >= 15 is 0 Å².